The van der Waals surface area contributed by atoms with Gasteiger partial charge < -0.3 is 10.1 Å². The molecule has 1 aliphatic carbocycles. The Bertz CT molecular complexity index is 1170. The zero-order valence-corrected chi connectivity index (χ0v) is 19.6. The summed E-state index contributed by atoms with van der Waals surface area (Å²) < 4.78 is 7.06. The first-order valence-corrected chi connectivity index (χ1v) is 12.6. The Morgan fingerprint density at radius 3 is 2.76 bits per heavy atom. The molecule has 0 unspecified atom stereocenters. The highest BCUT2D eigenvalue weighted by Crippen LogP contribution is 2.33. The number of nitrogens with one attached hydrogen (secondary N) is 1. The van der Waals surface area contributed by atoms with Gasteiger partial charge in [0.25, 0.3) is 5.56 Å². The molecule has 0 spiro atoms. The SMILES string of the molecule is O=C(CCn1cnc2sc3c(c2c1=O)CCCC3)N[C@@H](CN1CCOCC1)c1ccccc1. The molecule has 5 rings (SSSR count). The topological polar surface area (TPSA) is 76.5 Å². The van der Waals surface area contributed by atoms with Crippen molar-refractivity contribution < 1.29 is 9.53 Å². The van der Waals surface area contributed by atoms with Crippen LogP contribution < -0.4 is 10.9 Å². The van der Waals surface area contributed by atoms with E-state index in [0.717, 1.165) is 67.9 Å². The number of fused-ring (bicyclic) bond motifs is 3. The first kappa shape index (κ1) is 22.3. The van der Waals surface area contributed by atoms with Crippen molar-refractivity contribution in [2.75, 3.05) is 32.8 Å². The molecule has 1 aromatic carbocycles. The summed E-state index contributed by atoms with van der Waals surface area (Å²) in [6.45, 7) is 4.25. The van der Waals surface area contributed by atoms with Gasteiger partial charge >= 0.3 is 0 Å². The number of carbonyl (C=O) groups is 1. The first-order chi connectivity index (χ1) is 16.2. The van der Waals surface area contributed by atoms with Crippen molar-refractivity contribution in [2.24, 2.45) is 0 Å². The Morgan fingerprint density at radius 2 is 1.94 bits per heavy atom. The number of hydrogen-bond donors (Lipinski definition) is 1. The van der Waals surface area contributed by atoms with E-state index in [4.69, 9.17) is 4.74 Å². The number of nitrogens with zero attached hydrogens (tertiary/aromatic N) is 3. The quantitative estimate of drug-likeness (QED) is 0.580. The lowest BCUT2D eigenvalue weighted by molar-refractivity contribution is -0.122. The number of hydrogen-bond acceptors (Lipinski definition) is 6. The zero-order valence-electron chi connectivity index (χ0n) is 18.8. The van der Waals surface area contributed by atoms with Gasteiger partial charge in [-0.3, -0.25) is 19.1 Å². The Hall–Kier alpha value is -2.55. The number of thiophene rings is 1. The van der Waals surface area contributed by atoms with Crippen LogP contribution in [0.15, 0.2) is 41.5 Å². The number of aromatic nitrogens is 2. The highest BCUT2D eigenvalue weighted by Gasteiger charge is 2.22. The van der Waals surface area contributed by atoms with E-state index in [2.05, 4.69) is 15.2 Å². The molecule has 2 aliphatic rings. The molecule has 1 fully saturated rings. The van der Waals surface area contributed by atoms with Crippen molar-refractivity contribution in [3.63, 3.8) is 0 Å². The third-order valence-electron chi connectivity index (χ3n) is 6.60. The molecule has 1 amide bonds. The van der Waals surface area contributed by atoms with Gasteiger partial charge in [0.05, 0.1) is 31.0 Å². The van der Waals surface area contributed by atoms with Crippen LogP contribution >= 0.6 is 11.3 Å². The number of morpholine rings is 1. The maximum Gasteiger partial charge on any atom is 0.262 e. The van der Waals surface area contributed by atoms with E-state index in [-0.39, 0.29) is 23.9 Å². The second kappa shape index (κ2) is 10.2. The standard InChI is InChI=1S/C25H30N4O3S/c30-22(27-20(18-6-2-1-3-7-18)16-28-12-14-32-15-13-28)10-11-29-17-26-24-23(25(29)31)19-8-4-5-9-21(19)33-24/h1-3,6-7,17,20H,4-5,8-16H2,(H,27,30)/t20-/m0/s1. The lowest BCUT2D eigenvalue weighted by Gasteiger charge is -2.31. The first-order valence-electron chi connectivity index (χ1n) is 11.8. The van der Waals surface area contributed by atoms with Crippen LogP contribution in [0.4, 0.5) is 0 Å². The summed E-state index contributed by atoms with van der Waals surface area (Å²) in [5.41, 5.74) is 2.26. The molecular weight excluding hydrogens is 436 g/mol. The number of ether oxygens (including phenoxy) is 1. The van der Waals surface area contributed by atoms with E-state index in [9.17, 15) is 9.59 Å². The van der Waals surface area contributed by atoms with Crippen molar-refractivity contribution in [1.29, 1.82) is 0 Å². The summed E-state index contributed by atoms with van der Waals surface area (Å²) in [4.78, 5) is 35.1. The number of benzene rings is 1. The van der Waals surface area contributed by atoms with Gasteiger partial charge in [0.1, 0.15) is 4.83 Å². The van der Waals surface area contributed by atoms with E-state index in [1.807, 2.05) is 30.3 Å². The molecule has 3 aromatic rings. The molecule has 33 heavy (non-hydrogen) atoms. The summed E-state index contributed by atoms with van der Waals surface area (Å²) in [5.74, 6) is -0.0588. The van der Waals surface area contributed by atoms with Gasteiger partial charge in [-0.1, -0.05) is 30.3 Å². The minimum Gasteiger partial charge on any atom is -0.379 e. The van der Waals surface area contributed by atoms with E-state index >= 15 is 0 Å². The number of amides is 1. The van der Waals surface area contributed by atoms with Crippen LogP contribution in [0, 0.1) is 0 Å². The predicted octanol–water partition coefficient (Wildman–Crippen LogP) is 2.92. The number of carbonyl (C=O) groups excluding carboxylic acids is 1. The lowest BCUT2D eigenvalue weighted by Crippen LogP contribution is -2.43. The zero-order chi connectivity index (χ0) is 22.6. The van der Waals surface area contributed by atoms with Gasteiger partial charge in [-0.05, 0) is 36.8 Å². The molecule has 0 bridgehead atoms. The summed E-state index contributed by atoms with van der Waals surface area (Å²) in [7, 11) is 0. The number of rotatable bonds is 7. The van der Waals surface area contributed by atoms with E-state index < -0.39 is 0 Å². The van der Waals surface area contributed by atoms with E-state index in [1.165, 1.54) is 16.9 Å². The lowest BCUT2D eigenvalue weighted by atomic mass is 9.97. The minimum absolute atomic E-state index is 0.0138. The summed E-state index contributed by atoms with van der Waals surface area (Å²) >= 11 is 1.65. The molecule has 8 heteroatoms. The van der Waals surface area contributed by atoms with Gasteiger partial charge in [0.15, 0.2) is 0 Å². The Balaban J connectivity index is 1.28. The van der Waals surface area contributed by atoms with E-state index in [1.54, 1.807) is 22.2 Å². The third kappa shape index (κ3) is 5.03. The average Bonchev–Trinajstić information content (AvgIpc) is 3.24. The van der Waals surface area contributed by atoms with Crippen LogP contribution in [0.25, 0.3) is 10.2 Å². The van der Waals surface area contributed by atoms with Crippen molar-refractivity contribution in [3.8, 4) is 0 Å². The molecule has 0 radical (unpaired) electrons. The van der Waals surface area contributed by atoms with Gasteiger partial charge in [-0.25, -0.2) is 4.98 Å². The average molecular weight is 467 g/mol. The molecular formula is C25H30N4O3S. The second-order valence-electron chi connectivity index (χ2n) is 8.83. The van der Waals surface area contributed by atoms with Crippen LogP contribution in [-0.2, 0) is 28.9 Å². The Kier molecular flexibility index (Phi) is 6.85. The second-order valence-corrected chi connectivity index (χ2v) is 9.91. The minimum atomic E-state index is -0.0991. The van der Waals surface area contributed by atoms with Crippen molar-refractivity contribution in [3.05, 3.63) is 63.0 Å². The highest BCUT2D eigenvalue weighted by molar-refractivity contribution is 7.18. The van der Waals surface area contributed by atoms with Gasteiger partial charge in [-0.15, -0.1) is 11.3 Å². The van der Waals surface area contributed by atoms with Crippen LogP contribution in [0.5, 0.6) is 0 Å². The van der Waals surface area contributed by atoms with E-state index in [0.29, 0.717) is 6.54 Å². The molecule has 3 heterocycles. The Morgan fingerprint density at radius 1 is 1.15 bits per heavy atom. The van der Waals surface area contributed by atoms with Crippen LogP contribution in [0.2, 0.25) is 0 Å². The third-order valence-corrected chi connectivity index (χ3v) is 7.80. The molecule has 174 valence electrons. The fourth-order valence-corrected chi connectivity index (χ4v) is 6.01. The molecule has 1 N–H and O–H groups in total. The van der Waals surface area contributed by atoms with Gasteiger partial charge in [0.2, 0.25) is 5.91 Å². The van der Waals surface area contributed by atoms with Crippen LogP contribution in [0.3, 0.4) is 0 Å². The molecule has 1 aliphatic heterocycles. The summed E-state index contributed by atoms with van der Waals surface area (Å²) in [6, 6.07) is 9.97. The molecule has 1 saturated heterocycles. The molecule has 7 nitrogen and oxygen atoms in total. The number of aryl methyl sites for hydroxylation is 3. The smallest absolute Gasteiger partial charge is 0.262 e. The van der Waals surface area contributed by atoms with Crippen molar-refractivity contribution in [1.82, 2.24) is 19.8 Å². The van der Waals surface area contributed by atoms with Crippen LogP contribution in [0.1, 0.15) is 41.3 Å². The fraction of sp³-hybridized carbons (Fsp3) is 0.480. The largest absolute Gasteiger partial charge is 0.379 e. The van der Waals surface area contributed by atoms with Gasteiger partial charge in [0, 0.05) is 37.5 Å². The molecule has 0 saturated carbocycles. The Labute approximate surface area is 197 Å². The maximum atomic E-state index is 13.2. The fourth-order valence-electron chi connectivity index (χ4n) is 4.79. The molecule has 1 atom stereocenters. The van der Waals surface area contributed by atoms with Gasteiger partial charge in [-0.2, -0.15) is 0 Å². The predicted molar refractivity (Wildman–Crippen MR) is 130 cm³/mol. The van der Waals surface area contributed by atoms with Crippen molar-refractivity contribution in [2.45, 2.75) is 44.7 Å². The normalized spacial score (nSPS) is 17.6. The summed E-state index contributed by atoms with van der Waals surface area (Å²) in [6.07, 6.45) is 6.15. The monoisotopic (exact) mass is 466 g/mol. The van der Waals surface area contributed by atoms with Crippen molar-refractivity contribution >= 4 is 27.5 Å². The summed E-state index contributed by atoms with van der Waals surface area (Å²) in [5, 5.41) is 3.97. The highest BCUT2D eigenvalue weighted by atomic mass is 32.1. The maximum absolute atomic E-state index is 13.2. The van der Waals surface area contributed by atoms with Crippen LogP contribution in [-0.4, -0.2) is 53.2 Å². The molecule has 2 aromatic heterocycles.